The third kappa shape index (κ3) is 3.15. The number of nitrogens with zero attached hydrogens (tertiary/aromatic N) is 2. The van der Waals surface area contributed by atoms with Crippen molar-refractivity contribution in [2.75, 3.05) is 11.8 Å². The molecular formula is C15H13N3O5S. The average molecular weight is 347 g/mol. The van der Waals surface area contributed by atoms with Crippen LogP contribution in [0.15, 0.2) is 64.8 Å². The van der Waals surface area contributed by atoms with Gasteiger partial charge in [-0.1, -0.05) is 0 Å². The normalized spacial score (nSPS) is 11.2. The van der Waals surface area contributed by atoms with Gasteiger partial charge in [0.15, 0.2) is 0 Å². The lowest BCUT2D eigenvalue weighted by Gasteiger charge is -2.07. The lowest BCUT2D eigenvalue weighted by atomic mass is 10.3. The lowest BCUT2D eigenvalue weighted by molar-refractivity contribution is 0.0600. The number of benzene rings is 1. The maximum atomic E-state index is 12.3. The number of hydrogen-bond donors (Lipinski definition) is 1. The van der Waals surface area contributed by atoms with Gasteiger partial charge in [0.25, 0.3) is 10.0 Å². The Balaban J connectivity index is 1.79. The molecule has 0 spiro atoms. The van der Waals surface area contributed by atoms with E-state index in [1.54, 1.807) is 47.6 Å². The number of hydrogen-bond acceptors (Lipinski definition) is 6. The molecule has 0 unspecified atom stereocenters. The molecule has 2 aromatic heterocycles. The predicted octanol–water partition coefficient (Wildman–Crippen LogP) is 2.05. The standard InChI is InChI=1S/C15H13N3O5S/c1-22-15(19)11-8-14(23-9-11)24(20,21)17-12-2-4-13(5-3-12)18-7-6-16-10-18/h2-10,17H,1H3. The van der Waals surface area contributed by atoms with Crippen LogP contribution in [0, 0.1) is 0 Å². The number of aromatic nitrogens is 2. The van der Waals surface area contributed by atoms with Crippen molar-refractivity contribution in [2.24, 2.45) is 0 Å². The van der Waals surface area contributed by atoms with E-state index in [1.165, 1.54) is 7.11 Å². The zero-order valence-electron chi connectivity index (χ0n) is 12.5. The second-order valence-corrected chi connectivity index (χ2v) is 6.38. The summed E-state index contributed by atoms with van der Waals surface area (Å²) in [5, 5.41) is -0.374. The van der Waals surface area contributed by atoms with Crippen LogP contribution < -0.4 is 4.72 Å². The van der Waals surface area contributed by atoms with Gasteiger partial charge in [0.2, 0.25) is 5.09 Å². The second-order valence-electron chi connectivity index (χ2n) is 4.77. The summed E-state index contributed by atoms with van der Waals surface area (Å²) in [6, 6.07) is 7.80. The van der Waals surface area contributed by atoms with Gasteiger partial charge in [0.05, 0.1) is 19.0 Å². The van der Waals surface area contributed by atoms with Gasteiger partial charge >= 0.3 is 5.97 Å². The maximum Gasteiger partial charge on any atom is 0.341 e. The van der Waals surface area contributed by atoms with Crippen LogP contribution in [0.5, 0.6) is 0 Å². The van der Waals surface area contributed by atoms with E-state index in [9.17, 15) is 13.2 Å². The summed E-state index contributed by atoms with van der Waals surface area (Å²) in [6.07, 6.45) is 6.09. The largest absolute Gasteiger partial charge is 0.465 e. The number of carbonyl (C=O) groups is 1. The summed E-state index contributed by atoms with van der Waals surface area (Å²) in [6.45, 7) is 0. The number of sulfonamides is 1. The van der Waals surface area contributed by atoms with Gasteiger partial charge < -0.3 is 13.7 Å². The van der Waals surface area contributed by atoms with E-state index < -0.39 is 16.0 Å². The number of furan rings is 1. The van der Waals surface area contributed by atoms with Gasteiger partial charge in [-0.3, -0.25) is 4.72 Å². The van der Waals surface area contributed by atoms with Crippen molar-refractivity contribution in [3.05, 3.63) is 60.9 Å². The Labute approximate surface area is 137 Å². The molecule has 0 saturated carbocycles. The van der Waals surface area contributed by atoms with Crippen molar-refractivity contribution in [3.63, 3.8) is 0 Å². The van der Waals surface area contributed by atoms with Crippen LogP contribution in [0.4, 0.5) is 5.69 Å². The fourth-order valence-electron chi connectivity index (χ4n) is 2.00. The van der Waals surface area contributed by atoms with Crippen LogP contribution in [0.25, 0.3) is 5.69 Å². The molecule has 1 aromatic carbocycles. The summed E-state index contributed by atoms with van der Waals surface area (Å²) in [5.41, 5.74) is 1.21. The summed E-state index contributed by atoms with van der Waals surface area (Å²) < 4.78 is 38.1. The Hall–Kier alpha value is -3.07. The molecule has 24 heavy (non-hydrogen) atoms. The summed E-state index contributed by atoms with van der Waals surface area (Å²) in [7, 11) is -2.75. The zero-order valence-corrected chi connectivity index (χ0v) is 13.4. The van der Waals surface area contributed by atoms with E-state index in [2.05, 4.69) is 14.4 Å². The minimum atomic E-state index is -3.94. The van der Waals surface area contributed by atoms with Crippen molar-refractivity contribution in [3.8, 4) is 5.69 Å². The molecule has 3 rings (SSSR count). The molecule has 9 heteroatoms. The van der Waals surface area contributed by atoms with Crippen LogP contribution in [-0.2, 0) is 14.8 Å². The predicted molar refractivity (Wildman–Crippen MR) is 84.4 cm³/mol. The molecule has 0 radical (unpaired) electrons. The van der Waals surface area contributed by atoms with Gasteiger partial charge in [-0.25, -0.2) is 9.78 Å². The molecule has 0 fully saturated rings. The van der Waals surface area contributed by atoms with Crippen molar-refractivity contribution in [1.29, 1.82) is 0 Å². The van der Waals surface area contributed by atoms with E-state index in [4.69, 9.17) is 4.42 Å². The molecule has 0 saturated heterocycles. The minimum Gasteiger partial charge on any atom is -0.465 e. The van der Waals surface area contributed by atoms with E-state index >= 15 is 0 Å². The molecule has 0 bridgehead atoms. The average Bonchev–Trinajstić information content (AvgIpc) is 3.26. The highest BCUT2D eigenvalue weighted by atomic mass is 32.2. The molecule has 8 nitrogen and oxygen atoms in total. The quantitative estimate of drug-likeness (QED) is 0.709. The molecular weight excluding hydrogens is 334 g/mol. The number of methoxy groups -OCH3 is 1. The fourth-order valence-corrected chi connectivity index (χ4v) is 3.01. The Kier molecular flexibility index (Phi) is 4.09. The molecule has 3 aromatic rings. The SMILES string of the molecule is COC(=O)c1coc(S(=O)(=O)Nc2ccc(-n3ccnc3)cc2)c1. The first kappa shape index (κ1) is 15.8. The molecule has 0 atom stereocenters. The monoisotopic (exact) mass is 347 g/mol. The van der Waals surface area contributed by atoms with Crippen LogP contribution in [-0.4, -0.2) is 31.0 Å². The van der Waals surface area contributed by atoms with Gasteiger partial charge in [-0.2, -0.15) is 8.42 Å². The van der Waals surface area contributed by atoms with Crippen molar-refractivity contribution < 1.29 is 22.4 Å². The van der Waals surface area contributed by atoms with Gasteiger partial charge in [-0.05, 0) is 24.3 Å². The topological polar surface area (TPSA) is 103 Å². The maximum absolute atomic E-state index is 12.3. The number of carbonyl (C=O) groups excluding carboxylic acids is 1. The van der Waals surface area contributed by atoms with Crippen molar-refractivity contribution in [2.45, 2.75) is 5.09 Å². The van der Waals surface area contributed by atoms with Crippen LogP contribution in [0.3, 0.4) is 0 Å². The first-order chi connectivity index (χ1) is 11.5. The van der Waals surface area contributed by atoms with E-state index in [0.717, 1.165) is 18.0 Å². The Morgan fingerprint density at radius 2 is 2.04 bits per heavy atom. The summed E-state index contributed by atoms with van der Waals surface area (Å²) in [4.78, 5) is 15.3. The van der Waals surface area contributed by atoms with Gasteiger partial charge in [-0.15, -0.1) is 0 Å². The Morgan fingerprint density at radius 1 is 1.29 bits per heavy atom. The van der Waals surface area contributed by atoms with Gasteiger partial charge in [0.1, 0.15) is 6.26 Å². The third-order valence-electron chi connectivity index (χ3n) is 3.18. The minimum absolute atomic E-state index is 0.0216. The molecule has 0 aliphatic heterocycles. The number of ether oxygens (including phenoxy) is 1. The highest BCUT2D eigenvalue weighted by molar-refractivity contribution is 7.92. The first-order valence-electron chi connectivity index (χ1n) is 6.78. The van der Waals surface area contributed by atoms with Crippen molar-refractivity contribution in [1.82, 2.24) is 9.55 Å². The molecule has 124 valence electrons. The van der Waals surface area contributed by atoms with E-state index in [-0.39, 0.29) is 10.7 Å². The molecule has 0 amide bonds. The number of imidazole rings is 1. The smallest absolute Gasteiger partial charge is 0.341 e. The Morgan fingerprint density at radius 3 is 2.67 bits per heavy atom. The second kappa shape index (κ2) is 6.20. The van der Waals surface area contributed by atoms with Crippen molar-refractivity contribution >= 4 is 21.7 Å². The summed E-state index contributed by atoms with van der Waals surface area (Å²) >= 11 is 0. The van der Waals surface area contributed by atoms with Gasteiger partial charge in [0, 0.05) is 29.8 Å². The highest BCUT2D eigenvalue weighted by Gasteiger charge is 2.21. The number of esters is 1. The fraction of sp³-hybridized carbons (Fsp3) is 0.0667. The van der Waals surface area contributed by atoms with Crippen LogP contribution in [0.2, 0.25) is 0 Å². The lowest BCUT2D eigenvalue weighted by Crippen LogP contribution is -2.12. The van der Waals surface area contributed by atoms with E-state index in [1.807, 2.05) is 0 Å². The molecule has 1 N–H and O–H groups in total. The number of anilines is 1. The first-order valence-corrected chi connectivity index (χ1v) is 8.26. The molecule has 0 aliphatic carbocycles. The summed E-state index contributed by atoms with van der Waals surface area (Å²) in [5.74, 6) is -0.676. The third-order valence-corrected chi connectivity index (χ3v) is 4.43. The molecule has 2 heterocycles. The van der Waals surface area contributed by atoms with E-state index in [0.29, 0.717) is 5.69 Å². The number of nitrogens with one attached hydrogen (secondary N) is 1. The zero-order chi connectivity index (χ0) is 17.2. The van der Waals surface area contributed by atoms with Crippen LogP contribution in [0.1, 0.15) is 10.4 Å². The number of rotatable bonds is 5. The van der Waals surface area contributed by atoms with Crippen LogP contribution >= 0.6 is 0 Å². The molecule has 0 aliphatic rings. The highest BCUT2D eigenvalue weighted by Crippen LogP contribution is 2.20. The Bertz CT molecular complexity index is 943.